The van der Waals surface area contributed by atoms with Crippen molar-refractivity contribution in [1.29, 1.82) is 5.26 Å². The van der Waals surface area contributed by atoms with Crippen molar-refractivity contribution in [3.63, 3.8) is 0 Å². The van der Waals surface area contributed by atoms with Crippen molar-refractivity contribution in [2.45, 2.75) is 25.8 Å². The van der Waals surface area contributed by atoms with Gasteiger partial charge in [-0.3, -0.25) is 0 Å². The highest BCUT2D eigenvalue weighted by Crippen LogP contribution is 2.27. The molecule has 4 nitrogen and oxygen atoms in total. The van der Waals surface area contributed by atoms with Crippen LogP contribution >= 0.6 is 15.9 Å². The van der Waals surface area contributed by atoms with Crippen LogP contribution in [0, 0.1) is 11.3 Å². The monoisotopic (exact) mass is 304 g/mol. The average Bonchev–Trinajstić information content (AvgIpc) is 2.81. The normalized spacial score (nSPS) is 11.2. The summed E-state index contributed by atoms with van der Waals surface area (Å²) >= 11 is 3.48. The Kier molecular flexibility index (Phi) is 3.48. The Bertz CT molecular complexity index is 582. The highest BCUT2D eigenvalue weighted by atomic mass is 79.9. The van der Waals surface area contributed by atoms with Crippen LogP contribution in [0.25, 0.3) is 0 Å². The van der Waals surface area contributed by atoms with Gasteiger partial charge in [-0.25, -0.2) is 9.67 Å². The minimum absolute atomic E-state index is 0.499. The molecule has 0 amide bonds. The van der Waals surface area contributed by atoms with Gasteiger partial charge in [-0.05, 0) is 37.1 Å². The second kappa shape index (κ2) is 4.91. The highest BCUT2D eigenvalue weighted by Gasteiger charge is 2.20. The zero-order valence-electron chi connectivity index (χ0n) is 10.3. The Morgan fingerprint density at radius 1 is 1.39 bits per heavy atom. The molecule has 2 rings (SSSR count). The summed E-state index contributed by atoms with van der Waals surface area (Å²) < 4.78 is 2.73. The largest absolute Gasteiger partial charge is 0.249 e. The molecule has 0 aliphatic carbocycles. The number of rotatable bonds is 3. The average molecular weight is 305 g/mol. The van der Waals surface area contributed by atoms with E-state index < -0.39 is 5.41 Å². The third-order valence-electron chi connectivity index (χ3n) is 2.77. The van der Waals surface area contributed by atoms with E-state index in [-0.39, 0.29) is 0 Å². The molecule has 2 aromatic rings. The topological polar surface area (TPSA) is 54.5 Å². The molecule has 0 spiro atoms. The van der Waals surface area contributed by atoms with E-state index in [0.717, 1.165) is 15.6 Å². The Balaban J connectivity index is 2.36. The number of aromatic nitrogens is 3. The fourth-order valence-corrected chi connectivity index (χ4v) is 2.21. The summed E-state index contributed by atoms with van der Waals surface area (Å²) in [5.74, 6) is 0. The van der Waals surface area contributed by atoms with E-state index in [4.69, 9.17) is 0 Å². The van der Waals surface area contributed by atoms with Crippen LogP contribution in [0.1, 0.15) is 25.0 Å². The summed E-state index contributed by atoms with van der Waals surface area (Å²) in [5.41, 5.74) is 1.59. The van der Waals surface area contributed by atoms with Gasteiger partial charge in [0.15, 0.2) is 0 Å². The van der Waals surface area contributed by atoms with E-state index in [2.05, 4.69) is 32.1 Å². The van der Waals surface area contributed by atoms with Crippen LogP contribution in [0.3, 0.4) is 0 Å². The molecule has 1 aromatic carbocycles. The maximum atomic E-state index is 9.19. The third kappa shape index (κ3) is 2.77. The number of nitriles is 1. The lowest BCUT2D eigenvalue weighted by Crippen LogP contribution is -2.14. The first kappa shape index (κ1) is 12.8. The molecular weight excluding hydrogens is 292 g/mol. The molecule has 5 heteroatoms. The van der Waals surface area contributed by atoms with Crippen LogP contribution in [0.2, 0.25) is 0 Å². The van der Waals surface area contributed by atoms with Crippen molar-refractivity contribution in [1.82, 2.24) is 14.8 Å². The molecule has 0 aliphatic rings. The van der Waals surface area contributed by atoms with Gasteiger partial charge in [0.2, 0.25) is 0 Å². The highest BCUT2D eigenvalue weighted by molar-refractivity contribution is 9.10. The molecule has 1 aromatic heterocycles. The van der Waals surface area contributed by atoms with E-state index in [1.165, 1.54) is 6.33 Å². The van der Waals surface area contributed by atoms with Crippen molar-refractivity contribution >= 4 is 15.9 Å². The maximum absolute atomic E-state index is 9.19. The molecule has 0 N–H and O–H groups in total. The molecule has 18 heavy (non-hydrogen) atoms. The van der Waals surface area contributed by atoms with Crippen LogP contribution in [-0.4, -0.2) is 14.8 Å². The zero-order valence-corrected chi connectivity index (χ0v) is 11.8. The predicted octanol–water partition coefficient (Wildman–Crippen LogP) is 2.89. The molecule has 1 heterocycles. The molecule has 0 fully saturated rings. The van der Waals surface area contributed by atoms with Crippen LogP contribution in [0.5, 0.6) is 0 Å². The first-order valence-electron chi connectivity index (χ1n) is 5.55. The fraction of sp³-hybridized carbons (Fsp3) is 0.308. The van der Waals surface area contributed by atoms with Gasteiger partial charge in [0.1, 0.15) is 12.7 Å². The van der Waals surface area contributed by atoms with E-state index in [0.29, 0.717) is 6.54 Å². The minimum Gasteiger partial charge on any atom is -0.249 e. The summed E-state index contributed by atoms with van der Waals surface area (Å²) in [6.07, 6.45) is 3.19. The lowest BCUT2D eigenvalue weighted by molar-refractivity contribution is 0.667. The number of nitrogens with zero attached hydrogens (tertiary/aromatic N) is 4. The van der Waals surface area contributed by atoms with Crippen LogP contribution in [0.15, 0.2) is 35.3 Å². The molecule has 92 valence electrons. The van der Waals surface area contributed by atoms with Crippen molar-refractivity contribution in [2.75, 3.05) is 0 Å². The van der Waals surface area contributed by atoms with E-state index in [1.54, 1.807) is 11.0 Å². The van der Waals surface area contributed by atoms with Crippen molar-refractivity contribution in [2.24, 2.45) is 0 Å². The van der Waals surface area contributed by atoms with Crippen LogP contribution in [0.4, 0.5) is 0 Å². The SMILES string of the molecule is CC(C)(C#N)c1cc(Br)cc(Cn2cncn2)c1. The molecule has 0 atom stereocenters. The van der Waals surface area contributed by atoms with E-state index in [9.17, 15) is 5.26 Å². The Labute approximate surface area is 114 Å². The number of halogens is 1. The van der Waals surface area contributed by atoms with Gasteiger partial charge >= 0.3 is 0 Å². The second-order valence-electron chi connectivity index (χ2n) is 4.68. The van der Waals surface area contributed by atoms with Crippen molar-refractivity contribution in [3.05, 3.63) is 46.5 Å². The quantitative estimate of drug-likeness (QED) is 0.876. The minimum atomic E-state index is -0.499. The van der Waals surface area contributed by atoms with E-state index >= 15 is 0 Å². The number of benzene rings is 1. The third-order valence-corrected chi connectivity index (χ3v) is 3.23. The first-order chi connectivity index (χ1) is 8.51. The van der Waals surface area contributed by atoms with Gasteiger partial charge in [-0.15, -0.1) is 0 Å². The molecular formula is C13H13BrN4. The molecule has 0 unspecified atom stereocenters. The number of hydrogen-bond donors (Lipinski definition) is 0. The first-order valence-corrected chi connectivity index (χ1v) is 6.34. The van der Waals surface area contributed by atoms with Gasteiger partial charge in [0.05, 0.1) is 18.0 Å². The molecule has 0 saturated heterocycles. The summed E-state index contributed by atoms with van der Waals surface area (Å²) in [7, 11) is 0. The summed E-state index contributed by atoms with van der Waals surface area (Å²) in [6, 6.07) is 8.36. The Morgan fingerprint density at radius 3 is 2.78 bits per heavy atom. The second-order valence-corrected chi connectivity index (χ2v) is 5.59. The van der Waals surface area contributed by atoms with Gasteiger partial charge in [0.25, 0.3) is 0 Å². The lowest BCUT2D eigenvalue weighted by Gasteiger charge is -2.17. The van der Waals surface area contributed by atoms with Gasteiger partial charge in [0, 0.05) is 4.47 Å². The Morgan fingerprint density at radius 2 is 2.17 bits per heavy atom. The number of hydrogen-bond acceptors (Lipinski definition) is 3. The summed E-state index contributed by atoms with van der Waals surface area (Å²) in [4.78, 5) is 3.92. The smallest absolute Gasteiger partial charge is 0.137 e. The van der Waals surface area contributed by atoms with Crippen LogP contribution < -0.4 is 0 Å². The summed E-state index contributed by atoms with van der Waals surface area (Å²) in [6.45, 7) is 4.47. The van der Waals surface area contributed by atoms with Gasteiger partial charge < -0.3 is 0 Å². The zero-order chi connectivity index (χ0) is 13.2. The molecule has 0 radical (unpaired) electrons. The summed E-state index contributed by atoms with van der Waals surface area (Å²) in [5, 5.41) is 13.3. The van der Waals surface area contributed by atoms with Gasteiger partial charge in [-0.2, -0.15) is 10.4 Å². The van der Waals surface area contributed by atoms with E-state index in [1.807, 2.05) is 32.0 Å². The molecule has 0 aliphatic heterocycles. The van der Waals surface area contributed by atoms with Crippen molar-refractivity contribution < 1.29 is 0 Å². The van der Waals surface area contributed by atoms with Crippen molar-refractivity contribution in [3.8, 4) is 6.07 Å². The maximum Gasteiger partial charge on any atom is 0.137 e. The van der Waals surface area contributed by atoms with Crippen LogP contribution in [-0.2, 0) is 12.0 Å². The standard InChI is InChI=1S/C13H13BrN4/c1-13(2,7-15)11-3-10(4-12(14)5-11)6-18-9-16-8-17-18/h3-5,8-9H,6H2,1-2H3. The molecule has 0 bridgehead atoms. The molecule has 0 saturated carbocycles. The predicted molar refractivity (Wildman–Crippen MR) is 71.9 cm³/mol. The Hall–Kier alpha value is -1.67. The fourth-order valence-electron chi connectivity index (χ4n) is 1.67. The lowest BCUT2D eigenvalue weighted by atomic mass is 9.85. The van der Waals surface area contributed by atoms with Gasteiger partial charge in [-0.1, -0.05) is 22.0 Å².